The van der Waals surface area contributed by atoms with Gasteiger partial charge in [-0.15, -0.1) is 0 Å². The molecule has 24 valence electrons. The van der Waals surface area contributed by atoms with Gasteiger partial charge in [0.1, 0.15) is 0 Å². The molecule has 0 bridgehead atoms. The lowest BCUT2D eigenvalue weighted by atomic mass is 10.3. The smallest absolute Gasteiger partial charge is 0.000594 e. The van der Waals surface area contributed by atoms with Crippen molar-refractivity contribution >= 4 is 0 Å². The van der Waals surface area contributed by atoms with E-state index in [1.807, 2.05) is 0 Å². The van der Waals surface area contributed by atoms with Crippen LogP contribution in [0.1, 0.15) is 0 Å². The van der Waals surface area contributed by atoms with Gasteiger partial charge in [0.25, 0.3) is 0 Å². The fourth-order valence-corrected chi connectivity index (χ4v) is 0.570. The number of rotatable bonds is 0. The van der Waals surface area contributed by atoms with Gasteiger partial charge in [-0.05, 0) is 18.3 Å². The minimum absolute atomic E-state index is 0.773. The Morgan fingerprint density at radius 3 is 2.00 bits per heavy atom. The predicted molar refractivity (Wildman–Crippen MR) is 19.4 cm³/mol. The van der Waals surface area contributed by atoms with E-state index in [1.54, 1.807) is 0 Å². The molecule has 5 heavy (non-hydrogen) atoms. The fourth-order valence-electron chi connectivity index (χ4n) is 0.570. The molecule has 0 nitrogen and oxygen atoms in total. The minimum Gasteiger partial charge on any atom is -0.0992 e. The average Bonchev–Trinajstić information content (AvgIpc) is 2.11. The highest BCUT2D eigenvalue weighted by atomic mass is 14.6. The predicted octanol–water partition coefficient (Wildman–Crippen LogP) is 0.883. The van der Waals surface area contributed by atoms with Crippen LogP contribution in [0.15, 0.2) is 12.2 Å². The molecule has 0 spiro atoms. The molecule has 0 heteroatoms. The van der Waals surface area contributed by atoms with Crippen LogP contribution in [0, 0.1) is 18.3 Å². The van der Waals surface area contributed by atoms with Crippen molar-refractivity contribution in [3.8, 4) is 0 Å². The molecule has 0 aromatic heterocycles. The average molecular weight is 64.1 g/mol. The summed E-state index contributed by atoms with van der Waals surface area (Å²) in [6.45, 7) is 3.73. The van der Waals surface area contributed by atoms with Gasteiger partial charge in [0.05, 0.1) is 0 Å². The second kappa shape index (κ2) is 0.296. The third kappa shape index (κ3) is 0.0822. The Hall–Kier alpha value is -0.260. The molecule has 2 atom stereocenters. The third-order valence-corrected chi connectivity index (χ3v) is 1.27. The first-order chi connectivity index (χ1) is 2.39. The lowest BCUT2D eigenvalue weighted by Gasteiger charge is -1.70. The van der Waals surface area contributed by atoms with E-state index in [-0.39, 0.29) is 0 Å². The molecule has 2 radical (unpaired) electrons. The van der Waals surface area contributed by atoms with Crippen molar-refractivity contribution < 1.29 is 0 Å². The molecular weight excluding hydrogens is 60.1 g/mol. The summed E-state index contributed by atoms with van der Waals surface area (Å²) in [6.07, 6.45) is 3.14. The standard InChI is InChI=1S/C5H4/c1-3-4-2-5(3)4/h4-5H,1H2. The summed E-state index contributed by atoms with van der Waals surface area (Å²) in [4.78, 5) is 0. The minimum atomic E-state index is 0.773. The Morgan fingerprint density at radius 2 is 2.00 bits per heavy atom. The van der Waals surface area contributed by atoms with Crippen LogP contribution < -0.4 is 0 Å². The van der Waals surface area contributed by atoms with E-state index in [0.29, 0.717) is 0 Å². The van der Waals surface area contributed by atoms with E-state index in [4.69, 9.17) is 0 Å². The Labute approximate surface area is 31.5 Å². The van der Waals surface area contributed by atoms with E-state index >= 15 is 0 Å². The van der Waals surface area contributed by atoms with Crippen molar-refractivity contribution in [2.45, 2.75) is 0 Å². The van der Waals surface area contributed by atoms with E-state index < -0.39 is 0 Å². The molecule has 0 aromatic rings. The van der Waals surface area contributed by atoms with Gasteiger partial charge in [-0.1, -0.05) is 12.2 Å². The van der Waals surface area contributed by atoms with Gasteiger partial charge in [0.2, 0.25) is 0 Å². The van der Waals surface area contributed by atoms with Gasteiger partial charge in [-0.2, -0.15) is 0 Å². The van der Waals surface area contributed by atoms with Gasteiger partial charge < -0.3 is 0 Å². The molecule has 0 amide bonds. The van der Waals surface area contributed by atoms with Crippen molar-refractivity contribution in [3.05, 3.63) is 18.6 Å². The van der Waals surface area contributed by atoms with Gasteiger partial charge in [0, 0.05) is 0 Å². The summed E-state index contributed by atoms with van der Waals surface area (Å²) in [7, 11) is 0. The summed E-state index contributed by atoms with van der Waals surface area (Å²) in [6, 6.07) is 0. The van der Waals surface area contributed by atoms with Crippen molar-refractivity contribution in [1.29, 1.82) is 0 Å². The van der Waals surface area contributed by atoms with Crippen molar-refractivity contribution in [2.24, 2.45) is 11.8 Å². The van der Waals surface area contributed by atoms with Crippen molar-refractivity contribution in [3.63, 3.8) is 0 Å². The number of hydrogen-bond donors (Lipinski definition) is 0. The highest BCUT2D eigenvalue weighted by Gasteiger charge is 2.58. The molecule has 2 fully saturated rings. The molecule has 0 N–H and O–H groups in total. The van der Waals surface area contributed by atoms with Crippen LogP contribution in [0.4, 0.5) is 0 Å². The number of fused-ring (bicyclic) bond motifs is 1. The fraction of sp³-hybridized carbons (Fsp3) is 0.400. The summed E-state index contributed by atoms with van der Waals surface area (Å²) >= 11 is 0. The maximum atomic E-state index is 3.73. The van der Waals surface area contributed by atoms with Gasteiger partial charge in [0.15, 0.2) is 0 Å². The molecule has 2 unspecified atom stereocenters. The lowest BCUT2D eigenvalue weighted by molar-refractivity contribution is 1.35. The quantitative estimate of drug-likeness (QED) is 0.367. The van der Waals surface area contributed by atoms with Crippen LogP contribution in [-0.2, 0) is 0 Å². The lowest BCUT2D eigenvalue weighted by Crippen LogP contribution is -1.58. The molecule has 0 heterocycles. The van der Waals surface area contributed by atoms with Gasteiger partial charge in [-0.25, -0.2) is 0 Å². The number of hydrogen-bond acceptors (Lipinski definition) is 0. The molecule has 0 aliphatic heterocycles. The van der Waals surface area contributed by atoms with E-state index in [0.717, 1.165) is 11.8 Å². The molecule has 2 rings (SSSR count). The zero-order chi connectivity index (χ0) is 3.44. The molecular formula is C5H4. The van der Waals surface area contributed by atoms with E-state index in [1.165, 1.54) is 5.57 Å². The first kappa shape index (κ1) is 2.01. The maximum Gasteiger partial charge on any atom is -0.000594 e. The zero-order valence-corrected chi connectivity index (χ0v) is 2.86. The van der Waals surface area contributed by atoms with Gasteiger partial charge >= 0.3 is 0 Å². The zero-order valence-electron chi connectivity index (χ0n) is 2.86. The normalized spacial score (nSPS) is 55.6. The largest absolute Gasteiger partial charge is 0.0992 e. The summed E-state index contributed by atoms with van der Waals surface area (Å²) in [5.74, 6) is 1.55. The second-order valence-electron chi connectivity index (χ2n) is 1.70. The van der Waals surface area contributed by atoms with Crippen LogP contribution in [0.5, 0.6) is 0 Å². The van der Waals surface area contributed by atoms with E-state index in [9.17, 15) is 0 Å². The molecule has 2 saturated carbocycles. The summed E-state index contributed by atoms with van der Waals surface area (Å²) < 4.78 is 0. The Kier molecular flexibility index (Phi) is 0.119. The topological polar surface area (TPSA) is 0 Å². The second-order valence-corrected chi connectivity index (χ2v) is 1.70. The third-order valence-electron chi connectivity index (χ3n) is 1.27. The Morgan fingerprint density at radius 1 is 1.60 bits per heavy atom. The van der Waals surface area contributed by atoms with Crippen molar-refractivity contribution in [2.75, 3.05) is 0 Å². The Bertz CT molecular complexity index is 82.2. The number of allylic oxidation sites excluding steroid dienone is 1. The SMILES string of the molecule is C=C1C2[C]C12. The van der Waals surface area contributed by atoms with Crippen LogP contribution in [0.2, 0.25) is 0 Å². The van der Waals surface area contributed by atoms with Crippen LogP contribution in [-0.4, -0.2) is 0 Å². The first-order valence-corrected chi connectivity index (χ1v) is 1.84. The van der Waals surface area contributed by atoms with Gasteiger partial charge in [-0.3, -0.25) is 0 Å². The molecule has 0 aromatic carbocycles. The van der Waals surface area contributed by atoms with Crippen LogP contribution in [0.25, 0.3) is 0 Å². The van der Waals surface area contributed by atoms with Crippen molar-refractivity contribution in [1.82, 2.24) is 0 Å². The molecule has 2 aliphatic rings. The summed E-state index contributed by atoms with van der Waals surface area (Å²) in [5.41, 5.74) is 1.41. The first-order valence-electron chi connectivity index (χ1n) is 1.84. The van der Waals surface area contributed by atoms with E-state index in [2.05, 4.69) is 13.0 Å². The molecule has 2 aliphatic carbocycles. The maximum absolute atomic E-state index is 3.73. The van der Waals surface area contributed by atoms with Crippen LogP contribution in [0.3, 0.4) is 0 Å². The monoisotopic (exact) mass is 64.0 g/mol. The van der Waals surface area contributed by atoms with Crippen LogP contribution >= 0.6 is 0 Å². The highest BCUT2D eigenvalue weighted by molar-refractivity contribution is 5.49. The molecule has 0 saturated heterocycles. The summed E-state index contributed by atoms with van der Waals surface area (Å²) in [5, 5.41) is 0. The highest BCUT2D eigenvalue weighted by Crippen LogP contribution is 2.65. The Balaban J connectivity index is 2.46.